The van der Waals surface area contributed by atoms with Crippen molar-refractivity contribution in [3.63, 3.8) is 0 Å². The molecule has 1 aromatic carbocycles. The summed E-state index contributed by atoms with van der Waals surface area (Å²) >= 11 is 0. The molecule has 9 heteroatoms. The Morgan fingerprint density at radius 1 is 1.24 bits per heavy atom. The fourth-order valence-corrected chi connectivity index (χ4v) is 1.86. The highest BCUT2D eigenvalue weighted by molar-refractivity contribution is 14.0. The van der Waals surface area contributed by atoms with Crippen LogP contribution in [-0.2, 0) is 11.3 Å². The fourth-order valence-electron chi connectivity index (χ4n) is 1.86. The number of halogens is 1. The van der Waals surface area contributed by atoms with Gasteiger partial charge in [-0.1, -0.05) is 25.5 Å². The number of nitro groups is 1. The van der Waals surface area contributed by atoms with Crippen molar-refractivity contribution in [3.8, 4) is 0 Å². The number of hydrogen-bond donors (Lipinski definition) is 3. The van der Waals surface area contributed by atoms with Gasteiger partial charge in [0.2, 0.25) is 0 Å². The van der Waals surface area contributed by atoms with Gasteiger partial charge in [-0.25, -0.2) is 4.99 Å². The van der Waals surface area contributed by atoms with Crippen LogP contribution in [0.1, 0.15) is 25.3 Å². The van der Waals surface area contributed by atoms with Gasteiger partial charge in [0.05, 0.1) is 31.3 Å². The molecule has 0 heterocycles. The number of aliphatic hydroxyl groups is 1. The number of benzene rings is 1. The van der Waals surface area contributed by atoms with Crippen LogP contribution in [0, 0.1) is 10.1 Å². The number of nitro benzene ring substituents is 1. The van der Waals surface area contributed by atoms with Crippen molar-refractivity contribution in [2.75, 3.05) is 32.9 Å². The number of nitrogens with one attached hydrogen (secondary N) is 2. The molecule has 25 heavy (non-hydrogen) atoms. The summed E-state index contributed by atoms with van der Waals surface area (Å²) in [6, 6.07) is 6.36. The molecule has 0 aliphatic heterocycles. The number of guanidine groups is 1. The van der Waals surface area contributed by atoms with Gasteiger partial charge in [-0.15, -0.1) is 24.0 Å². The molecule has 142 valence electrons. The number of non-ortho nitro benzene ring substituents is 1. The fraction of sp³-hybridized carbons (Fsp3) is 0.562. The van der Waals surface area contributed by atoms with E-state index in [0.29, 0.717) is 32.3 Å². The lowest BCUT2D eigenvalue weighted by Gasteiger charge is -2.12. The molecular weight excluding hydrogens is 439 g/mol. The van der Waals surface area contributed by atoms with E-state index in [4.69, 9.17) is 9.84 Å². The summed E-state index contributed by atoms with van der Waals surface area (Å²) in [5, 5.41) is 25.7. The Kier molecular flexibility index (Phi) is 14.0. The van der Waals surface area contributed by atoms with Crippen LogP contribution in [0.4, 0.5) is 5.69 Å². The molecule has 1 aromatic rings. The highest BCUT2D eigenvalue weighted by atomic mass is 127. The van der Waals surface area contributed by atoms with Crippen LogP contribution in [-0.4, -0.2) is 48.9 Å². The molecule has 0 bridgehead atoms. The Bertz CT molecular complexity index is 511. The van der Waals surface area contributed by atoms with Gasteiger partial charge in [-0.05, 0) is 12.0 Å². The predicted octanol–water partition coefficient (Wildman–Crippen LogP) is 2.06. The lowest BCUT2D eigenvalue weighted by molar-refractivity contribution is -0.384. The van der Waals surface area contributed by atoms with Crippen molar-refractivity contribution in [2.45, 2.75) is 26.3 Å². The minimum Gasteiger partial charge on any atom is -0.394 e. The molecule has 3 N–H and O–H groups in total. The van der Waals surface area contributed by atoms with Crippen LogP contribution in [0.5, 0.6) is 0 Å². The maximum atomic E-state index is 10.6. The number of ether oxygens (including phenoxy) is 1. The number of aliphatic hydroxyl groups excluding tert-OH is 1. The molecule has 0 saturated carbocycles. The third-order valence-corrected chi connectivity index (χ3v) is 3.16. The van der Waals surface area contributed by atoms with Crippen LogP contribution >= 0.6 is 24.0 Å². The molecule has 0 aromatic heterocycles. The Labute approximate surface area is 165 Å². The smallest absolute Gasteiger partial charge is 0.269 e. The molecule has 0 aliphatic rings. The van der Waals surface area contributed by atoms with E-state index in [2.05, 4.69) is 22.5 Å². The second-order valence-electron chi connectivity index (χ2n) is 5.13. The average molecular weight is 466 g/mol. The highest BCUT2D eigenvalue weighted by Crippen LogP contribution is 2.12. The SMILES string of the molecule is CCCCNC(=NCc1ccc([N+](=O)[O-])cc1)NCCOCCO.I. The van der Waals surface area contributed by atoms with Crippen molar-refractivity contribution >= 4 is 35.6 Å². The number of unbranched alkanes of at least 4 members (excludes halogenated alkanes) is 1. The van der Waals surface area contributed by atoms with E-state index in [-0.39, 0.29) is 36.3 Å². The summed E-state index contributed by atoms with van der Waals surface area (Å²) in [5.41, 5.74) is 0.969. The minimum absolute atomic E-state index is 0. The molecule has 0 fully saturated rings. The monoisotopic (exact) mass is 466 g/mol. The van der Waals surface area contributed by atoms with Crippen LogP contribution in [0.25, 0.3) is 0 Å². The van der Waals surface area contributed by atoms with Gasteiger partial charge in [0.25, 0.3) is 5.69 Å². The molecular formula is C16H27IN4O4. The van der Waals surface area contributed by atoms with Crippen molar-refractivity contribution in [2.24, 2.45) is 4.99 Å². The van der Waals surface area contributed by atoms with E-state index in [1.54, 1.807) is 12.1 Å². The minimum atomic E-state index is -0.418. The summed E-state index contributed by atoms with van der Waals surface area (Å²) in [6.07, 6.45) is 2.13. The molecule has 0 radical (unpaired) electrons. The van der Waals surface area contributed by atoms with Crippen molar-refractivity contribution in [3.05, 3.63) is 39.9 Å². The third kappa shape index (κ3) is 10.9. The molecule has 0 atom stereocenters. The quantitative estimate of drug-likeness (QED) is 0.115. The first-order valence-corrected chi connectivity index (χ1v) is 8.11. The van der Waals surface area contributed by atoms with Gasteiger partial charge >= 0.3 is 0 Å². The average Bonchev–Trinajstić information content (AvgIpc) is 2.59. The molecule has 0 aliphatic carbocycles. The van der Waals surface area contributed by atoms with Gasteiger partial charge < -0.3 is 20.5 Å². The van der Waals surface area contributed by atoms with Crippen molar-refractivity contribution < 1.29 is 14.8 Å². The van der Waals surface area contributed by atoms with E-state index >= 15 is 0 Å². The number of nitrogens with zero attached hydrogens (tertiary/aromatic N) is 2. The second kappa shape index (κ2) is 14.8. The number of aliphatic imine (C=N–C) groups is 1. The summed E-state index contributed by atoms with van der Waals surface area (Å²) < 4.78 is 5.20. The number of rotatable bonds is 11. The predicted molar refractivity (Wildman–Crippen MR) is 108 cm³/mol. The topological polar surface area (TPSA) is 109 Å². The zero-order valence-electron chi connectivity index (χ0n) is 14.4. The Balaban J connectivity index is 0.00000576. The van der Waals surface area contributed by atoms with Crippen molar-refractivity contribution in [1.29, 1.82) is 0 Å². The maximum Gasteiger partial charge on any atom is 0.269 e. The van der Waals surface area contributed by atoms with Crippen LogP contribution < -0.4 is 10.6 Å². The first kappa shape index (κ1) is 23.5. The molecule has 8 nitrogen and oxygen atoms in total. The van der Waals surface area contributed by atoms with Crippen LogP contribution in [0.15, 0.2) is 29.3 Å². The lowest BCUT2D eigenvalue weighted by Crippen LogP contribution is -2.39. The first-order chi connectivity index (χ1) is 11.7. The van der Waals surface area contributed by atoms with E-state index in [1.807, 2.05) is 0 Å². The van der Waals surface area contributed by atoms with Crippen LogP contribution in [0.2, 0.25) is 0 Å². The van der Waals surface area contributed by atoms with E-state index in [0.717, 1.165) is 24.9 Å². The molecule has 0 unspecified atom stereocenters. The molecule has 0 saturated heterocycles. The summed E-state index contributed by atoms with van der Waals surface area (Å²) in [7, 11) is 0. The standard InChI is InChI=1S/C16H26N4O4.HI/c1-2-3-8-17-16(18-9-11-24-12-10-21)19-13-14-4-6-15(7-5-14)20(22)23;/h4-7,21H,2-3,8-13H2,1H3,(H2,17,18,19);1H. The lowest BCUT2D eigenvalue weighted by atomic mass is 10.2. The molecule has 0 amide bonds. The number of hydrogen-bond acceptors (Lipinski definition) is 5. The van der Waals surface area contributed by atoms with E-state index < -0.39 is 4.92 Å². The second-order valence-corrected chi connectivity index (χ2v) is 5.13. The van der Waals surface area contributed by atoms with Gasteiger partial charge in [0.1, 0.15) is 0 Å². The molecule has 1 rings (SSSR count). The zero-order chi connectivity index (χ0) is 17.6. The maximum absolute atomic E-state index is 10.6. The Hall–Kier alpha value is -1.46. The van der Waals surface area contributed by atoms with E-state index in [1.165, 1.54) is 12.1 Å². The van der Waals surface area contributed by atoms with Crippen molar-refractivity contribution in [1.82, 2.24) is 10.6 Å². The van der Waals surface area contributed by atoms with Gasteiger partial charge in [0.15, 0.2) is 5.96 Å². The Morgan fingerprint density at radius 3 is 2.52 bits per heavy atom. The third-order valence-electron chi connectivity index (χ3n) is 3.16. The van der Waals surface area contributed by atoms with E-state index in [9.17, 15) is 10.1 Å². The normalized spacial score (nSPS) is 10.9. The highest BCUT2D eigenvalue weighted by Gasteiger charge is 2.04. The van der Waals surface area contributed by atoms with Gasteiger partial charge in [0, 0.05) is 25.2 Å². The summed E-state index contributed by atoms with van der Waals surface area (Å²) in [6.45, 7) is 4.75. The summed E-state index contributed by atoms with van der Waals surface area (Å²) in [5.74, 6) is 0.675. The first-order valence-electron chi connectivity index (χ1n) is 8.11. The van der Waals surface area contributed by atoms with Gasteiger partial charge in [-0.2, -0.15) is 0 Å². The largest absolute Gasteiger partial charge is 0.394 e. The Morgan fingerprint density at radius 2 is 1.92 bits per heavy atom. The summed E-state index contributed by atoms with van der Waals surface area (Å²) in [4.78, 5) is 14.7. The zero-order valence-corrected chi connectivity index (χ0v) is 16.8. The molecule has 0 spiro atoms. The van der Waals surface area contributed by atoms with Crippen LogP contribution in [0.3, 0.4) is 0 Å². The van der Waals surface area contributed by atoms with Gasteiger partial charge in [-0.3, -0.25) is 10.1 Å².